The zero-order chi connectivity index (χ0) is 13.5. The average Bonchev–Trinajstić information content (AvgIpc) is 2.81. The zero-order valence-electron chi connectivity index (χ0n) is 10.8. The van der Waals surface area contributed by atoms with Crippen LogP contribution in [0.15, 0.2) is 28.7 Å². The van der Waals surface area contributed by atoms with Crippen LogP contribution in [0, 0.1) is 11.2 Å². The number of hydrogen-bond acceptors (Lipinski definition) is 3. The molecule has 0 spiro atoms. The minimum atomic E-state index is -0.377. The normalized spacial score (nSPS) is 18.6. The standard InChI is InChI=1S/C15H16FNO2/c1-15(4-6-17-7-5-15)14(18)13-9-10-8-11(16)2-3-12(10)19-13/h2-3,8-9,17H,4-7H2,1H3. The van der Waals surface area contributed by atoms with Crippen molar-refractivity contribution in [3.05, 3.63) is 35.8 Å². The SMILES string of the molecule is CC1(C(=O)c2cc3cc(F)ccc3o2)CCNCC1. The van der Waals surface area contributed by atoms with Gasteiger partial charge in [0.25, 0.3) is 0 Å². The van der Waals surface area contributed by atoms with Gasteiger partial charge in [-0.05, 0) is 50.2 Å². The number of ketones is 1. The molecule has 0 atom stereocenters. The van der Waals surface area contributed by atoms with E-state index in [-0.39, 0.29) is 17.0 Å². The van der Waals surface area contributed by atoms with Crippen LogP contribution in [0.4, 0.5) is 4.39 Å². The summed E-state index contributed by atoms with van der Waals surface area (Å²) in [4.78, 5) is 12.6. The van der Waals surface area contributed by atoms with Gasteiger partial charge in [0.05, 0.1) is 0 Å². The van der Waals surface area contributed by atoms with Crippen LogP contribution in [0.3, 0.4) is 0 Å². The number of benzene rings is 1. The third-order valence-corrected chi connectivity index (χ3v) is 3.96. The minimum absolute atomic E-state index is 0.0191. The Morgan fingerprint density at radius 1 is 1.32 bits per heavy atom. The van der Waals surface area contributed by atoms with Gasteiger partial charge in [-0.15, -0.1) is 0 Å². The molecular formula is C15H16FNO2. The van der Waals surface area contributed by atoms with E-state index in [0.717, 1.165) is 25.9 Å². The van der Waals surface area contributed by atoms with Gasteiger partial charge in [-0.1, -0.05) is 6.92 Å². The Kier molecular flexibility index (Phi) is 2.90. The van der Waals surface area contributed by atoms with E-state index in [1.807, 2.05) is 6.92 Å². The number of nitrogens with one attached hydrogen (secondary N) is 1. The van der Waals surface area contributed by atoms with Gasteiger partial charge in [-0.2, -0.15) is 0 Å². The van der Waals surface area contributed by atoms with Crippen LogP contribution in [0.5, 0.6) is 0 Å². The summed E-state index contributed by atoms with van der Waals surface area (Å²) in [5.41, 5.74) is 0.180. The second-order valence-electron chi connectivity index (χ2n) is 5.43. The Morgan fingerprint density at radius 3 is 2.79 bits per heavy atom. The molecule has 0 aliphatic carbocycles. The van der Waals surface area contributed by atoms with Crippen LogP contribution in [-0.2, 0) is 0 Å². The number of fused-ring (bicyclic) bond motifs is 1. The number of furan rings is 1. The molecular weight excluding hydrogens is 245 g/mol. The molecule has 1 aliphatic heterocycles. The molecule has 3 nitrogen and oxygen atoms in total. The first kappa shape index (κ1) is 12.4. The fourth-order valence-corrected chi connectivity index (χ4v) is 2.63. The molecule has 1 aliphatic rings. The van der Waals surface area contributed by atoms with Gasteiger partial charge in [-0.25, -0.2) is 4.39 Å². The van der Waals surface area contributed by atoms with Gasteiger partial charge >= 0.3 is 0 Å². The van der Waals surface area contributed by atoms with Gasteiger partial charge in [-0.3, -0.25) is 4.79 Å². The van der Waals surface area contributed by atoms with Crippen molar-refractivity contribution in [2.75, 3.05) is 13.1 Å². The van der Waals surface area contributed by atoms with Gasteiger partial charge in [0.15, 0.2) is 5.76 Å². The highest BCUT2D eigenvalue weighted by Gasteiger charge is 2.36. The summed E-state index contributed by atoms with van der Waals surface area (Å²) in [5.74, 6) is 0.0379. The first-order valence-corrected chi connectivity index (χ1v) is 6.53. The Labute approximate surface area is 110 Å². The quantitative estimate of drug-likeness (QED) is 0.844. The van der Waals surface area contributed by atoms with Gasteiger partial charge < -0.3 is 9.73 Å². The number of carbonyl (C=O) groups is 1. The van der Waals surface area contributed by atoms with Crippen molar-refractivity contribution >= 4 is 16.8 Å². The lowest BCUT2D eigenvalue weighted by Gasteiger charge is -2.31. The molecule has 3 rings (SSSR count). The van der Waals surface area contributed by atoms with E-state index in [9.17, 15) is 9.18 Å². The minimum Gasteiger partial charge on any atom is -0.453 e. The third kappa shape index (κ3) is 2.16. The highest BCUT2D eigenvalue weighted by Crippen LogP contribution is 2.34. The number of halogens is 1. The van der Waals surface area contributed by atoms with Crippen molar-refractivity contribution < 1.29 is 13.6 Å². The largest absolute Gasteiger partial charge is 0.453 e. The summed E-state index contributed by atoms with van der Waals surface area (Å²) in [5, 5.41) is 3.89. The first-order valence-electron chi connectivity index (χ1n) is 6.53. The predicted molar refractivity (Wildman–Crippen MR) is 70.7 cm³/mol. The van der Waals surface area contributed by atoms with E-state index in [1.165, 1.54) is 12.1 Å². The van der Waals surface area contributed by atoms with Crippen LogP contribution in [-0.4, -0.2) is 18.9 Å². The van der Waals surface area contributed by atoms with Crippen molar-refractivity contribution in [1.29, 1.82) is 0 Å². The molecule has 19 heavy (non-hydrogen) atoms. The number of rotatable bonds is 2. The average molecular weight is 261 g/mol. The molecule has 2 aromatic rings. The lowest BCUT2D eigenvalue weighted by molar-refractivity contribution is 0.0734. The summed E-state index contributed by atoms with van der Waals surface area (Å²) in [6.45, 7) is 3.66. The molecule has 1 N–H and O–H groups in total. The van der Waals surface area contributed by atoms with Gasteiger partial charge in [0.2, 0.25) is 5.78 Å². The summed E-state index contributed by atoms with van der Waals surface area (Å²) < 4.78 is 18.7. The molecule has 0 unspecified atom stereocenters. The molecule has 1 saturated heterocycles. The van der Waals surface area contributed by atoms with Crippen LogP contribution in [0.25, 0.3) is 11.0 Å². The second kappa shape index (κ2) is 4.46. The highest BCUT2D eigenvalue weighted by molar-refractivity contribution is 6.01. The van der Waals surface area contributed by atoms with Crippen molar-refractivity contribution in [3.63, 3.8) is 0 Å². The summed E-state index contributed by atoms with van der Waals surface area (Å²) >= 11 is 0. The van der Waals surface area contributed by atoms with Gasteiger partial charge in [0, 0.05) is 10.8 Å². The number of Topliss-reactive ketones (excluding diaryl/α,β-unsaturated/α-hetero) is 1. The maximum absolute atomic E-state index is 13.1. The van der Waals surface area contributed by atoms with Crippen molar-refractivity contribution in [2.24, 2.45) is 5.41 Å². The predicted octanol–water partition coefficient (Wildman–Crippen LogP) is 3.14. The van der Waals surface area contributed by atoms with Crippen LogP contribution >= 0.6 is 0 Å². The van der Waals surface area contributed by atoms with Crippen molar-refractivity contribution in [3.8, 4) is 0 Å². The Balaban J connectivity index is 1.97. The number of hydrogen-bond donors (Lipinski definition) is 1. The Morgan fingerprint density at radius 2 is 2.05 bits per heavy atom. The molecule has 0 saturated carbocycles. The fourth-order valence-electron chi connectivity index (χ4n) is 2.63. The molecule has 0 amide bonds. The highest BCUT2D eigenvalue weighted by atomic mass is 19.1. The monoisotopic (exact) mass is 261 g/mol. The molecule has 100 valence electrons. The molecule has 0 bridgehead atoms. The molecule has 1 aromatic heterocycles. The third-order valence-electron chi connectivity index (χ3n) is 3.96. The molecule has 4 heteroatoms. The van der Waals surface area contributed by atoms with E-state index >= 15 is 0 Å². The summed E-state index contributed by atoms with van der Waals surface area (Å²) in [6.07, 6.45) is 1.61. The second-order valence-corrected chi connectivity index (χ2v) is 5.43. The van der Waals surface area contributed by atoms with Crippen LogP contribution < -0.4 is 5.32 Å². The zero-order valence-corrected chi connectivity index (χ0v) is 10.8. The van der Waals surface area contributed by atoms with E-state index in [4.69, 9.17) is 4.42 Å². The number of carbonyl (C=O) groups excluding carboxylic acids is 1. The topological polar surface area (TPSA) is 42.2 Å². The lowest BCUT2D eigenvalue weighted by Crippen LogP contribution is -2.39. The summed E-state index contributed by atoms with van der Waals surface area (Å²) in [6, 6.07) is 5.94. The van der Waals surface area contributed by atoms with Crippen LogP contribution in [0.2, 0.25) is 0 Å². The van der Waals surface area contributed by atoms with E-state index in [1.54, 1.807) is 12.1 Å². The van der Waals surface area contributed by atoms with E-state index in [0.29, 0.717) is 16.7 Å². The Bertz CT molecular complexity index is 626. The maximum atomic E-state index is 13.1. The maximum Gasteiger partial charge on any atom is 0.203 e. The molecule has 1 aromatic carbocycles. The van der Waals surface area contributed by atoms with Crippen molar-refractivity contribution in [2.45, 2.75) is 19.8 Å². The van der Waals surface area contributed by atoms with E-state index < -0.39 is 0 Å². The summed E-state index contributed by atoms with van der Waals surface area (Å²) in [7, 11) is 0. The van der Waals surface area contributed by atoms with E-state index in [2.05, 4.69) is 5.32 Å². The molecule has 0 radical (unpaired) electrons. The lowest BCUT2D eigenvalue weighted by atomic mass is 9.76. The molecule has 2 heterocycles. The first-order chi connectivity index (χ1) is 9.08. The fraction of sp³-hybridized carbons (Fsp3) is 0.400. The van der Waals surface area contributed by atoms with Gasteiger partial charge in [0.1, 0.15) is 11.4 Å². The number of piperidine rings is 1. The molecule has 1 fully saturated rings. The smallest absolute Gasteiger partial charge is 0.203 e. The Hall–Kier alpha value is -1.68. The van der Waals surface area contributed by atoms with Crippen LogP contribution in [0.1, 0.15) is 30.3 Å². The van der Waals surface area contributed by atoms with Crippen molar-refractivity contribution in [1.82, 2.24) is 5.32 Å².